The van der Waals surface area contributed by atoms with Crippen molar-refractivity contribution in [3.63, 3.8) is 0 Å². The zero-order chi connectivity index (χ0) is 40.5. The molecule has 0 spiro atoms. The Balaban J connectivity index is 1.20. The lowest BCUT2D eigenvalue weighted by molar-refractivity contribution is 1.07. The highest BCUT2D eigenvalue weighted by Crippen LogP contribution is 2.48. The Morgan fingerprint density at radius 2 is 0.770 bits per heavy atom. The van der Waals surface area contributed by atoms with Crippen LogP contribution >= 0.6 is 0 Å². The maximum atomic E-state index is 5.60. The number of nitrogens with zero attached hydrogens (tertiary/aromatic N) is 5. The smallest absolute Gasteiger partial charge is 0.164 e. The van der Waals surface area contributed by atoms with Crippen molar-refractivity contribution in [1.29, 1.82) is 0 Å². The third kappa shape index (κ3) is 6.64. The standard InChI is InChI=1S/C56H37N5/c1-5-19-38(20-6-1)39-33-35-41(36-34-39)55-58-54(40-21-7-2-8-22-40)59-56(60-55)47-30-16-15-29-46(47)53-52-50(61(43-24-9-3-10-25-43)44-26-11-4-12-27-44)37-42-23-13-14-28-45(42)51(52)48-31-17-18-32-49(48)57-53/h1-37H. The Hall–Kier alpha value is -8.28. The number of benzene rings is 9. The monoisotopic (exact) mass is 779 g/mol. The molecule has 0 aliphatic heterocycles. The molecular weight excluding hydrogens is 743 g/mol. The van der Waals surface area contributed by atoms with E-state index in [9.17, 15) is 0 Å². The molecular formula is C56H37N5. The molecule has 0 aliphatic rings. The first-order valence-corrected chi connectivity index (χ1v) is 20.5. The van der Waals surface area contributed by atoms with E-state index in [1.807, 2.05) is 36.4 Å². The number of fused-ring (bicyclic) bond motifs is 5. The predicted octanol–water partition coefficient (Wildman–Crippen LogP) is 14.5. The van der Waals surface area contributed by atoms with Crippen LogP contribution in [0.15, 0.2) is 224 Å². The van der Waals surface area contributed by atoms with Gasteiger partial charge in [0.05, 0.1) is 16.9 Å². The number of hydrogen-bond donors (Lipinski definition) is 0. The van der Waals surface area contributed by atoms with Gasteiger partial charge in [-0.15, -0.1) is 0 Å². The fourth-order valence-corrected chi connectivity index (χ4v) is 8.43. The normalized spacial score (nSPS) is 11.3. The molecule has 61 heavy (non-hydrogen) atoms. The van der Waals surface area contributed by atoms with E-state index in [-0.39, 0.29) is 0 Å². The molecule has 0 radical (unpaired) electrons. The molecule has 11 rings (SSSR count). The van der Waals surface area contributed by atoms with Crippen molar-refractivity contribution in [3.05, 3.63) is 224 Å². The number of hydrogen-bond acceptors (Lipinski definition) is 5. The fourth-order valence-electron chi connectivity index (χ4n) is 8.43. The molecule has 0 bridgehead atoms. The van der Waals surface area contributed by atoms with Crippen LogP contribution in [0, 0.1) is 0 Å². The zero-order valence-electron chi connectivity index (χ0n) is 33.1. The summed E-state index contributed by atoms with van der Waals surface area (Å²) in [5, 5.41) is 5.56. The van der Waals surface area contributed by atoms with Crippen LogP contribution in [0.2, 0.25) is 0 Å². The van der Waals surface area contributed by atoms with E-state index in [2.05, 4.69) is 193 Å². The van der Waals surface area contributed by atoms with Crippen LogP contribution in [0.1, 0.15) is 0 Å². The minimum Gasteiger partial charge on any atom is -0.310 e. The van der Waals surface area contributed by atoms with Gasteiger partial charge in [0.2, 0.25) is 0 Å². The number of para-hydroxylation sites is 3. The largest absolute Gasteiger partial charge is 0.310 e. The summed E-state index contributed by atoms with van der Waals surface area (Å²) in [5.41, 5.74) is 10.8. The van der Waals surface area contributed by atoms with Gasteiger partial charge in [-0.1, -0.05) is 188 Å². The van der Waals surface area contributed by atoms with Gasteiger partial charge in [-0.05, 0) is 58.3 Å². The molecule has 0 saturated heterocycles. The second-order valence-corrected chi connectivity index (χ2v) is 15.0. The van der Waals surface area contributed by atoms with E-state index >= 15 is 0 Å². The van der Waals surface area contributed by atoms with Gasteiger partial charge in [-0.2, -0.15) is 0 Å². The summed E-state index contributed by atoms with van der Waals surface area (Å²) in [5.74, 6) is 1.77. The van der Waals surface area contributed by atoms with Crippen molar-refractivity contribution >= 4 is 49.5 Å². The van der Waals surface area contributed by atoms with E-state index in [1.165, 1.54) is 0 Å². The van der Waals surface area contributed by atoms with E-state index in [4.69, 9.17) is 19.9 Å². The summed E-state index contributed by atoms with van der Waals surface area (Å²) in [6, 6.07) is 78.0. The van der Waals surface area contributed by atoms with Gasteiger partial charge in [-0.3, -0.25) is 0 Å². The van der Waals surface area contributed by atoms with E-state index in [0.717, 1.165) is 88.6 Å². The first kappa shape index (κ1) is 35.8. The van der Waals surface area contributed by atoms with E-state index in [1.54, 1.807) is 0 Å². The number of pyridine rings is 1. The summed E-state index contributed by atoms with van der Waals surface area (Å²) in [7, 11) is 0. The van der Waals surface area contributed by atoms with Gasteiger partial charge in [0.1, 0.15) is 0 Å². The molecule has 0 atom stereocenters. The molecule has 2 heterocycles. The van der Waals surface area contributed by atoms with Crippen LogP contribution in [0.3, 0.4) is 0 Å². The Labute approximate surface area is 354 Å². The van der Waals surface area contributed by atoms with Crippen LogP contribution in [-0.2, 0) is 0 Å². The maximum Gasteiger partial charge on any atom is 0.164 e. The minimum absolute atomic E-state index is 0.569. The van der Waals surface area contributed by atoms with Gasteiger partial charge in [0.25, 0.3) is 0 Å². The number of aromatic nitrogens is 4. The summed E-state index contributed by atoms with van der Waals surface area (Å²) < 4.78 is 0. The maximum absolute atomic E-state index is 5.60. The average Bonchev–Trinajstić information content (AvgIpc) is 3.35. The highest BCUT2D eigenvalue weighted by molar-refractivity contribution is 6.27. The van der Waals surface area contributed by atoms with Crippen LogP contribution in [0.25, 0.3) is 89.0 Å². The van der Waals surface area contributed by atoms with Crippen molar-refractivity contribution in [2.24, 2.45) is 0 Å². The van der Waals surface area contributed by atoms with Crippen LogP contribution in [-0.4, -0.2) is 19.9 Å². The molecule has 0 unspecified atom stereocenters. The summed E-state index contributed by atoms with van der Waals surface area (Å²) in [6.45, 7) is 0. The molecule has 0 saturated carbocycles. The quantitative estimate of drug-likeness (QED) is 0.144. The van der Waals surface area contributed by atoms with Crippen LogP contribution in [0.5, 0.6) is 0 Å². The second kappa shape index (κ2) is 15.5. The molecule has 0 N–H and O–H groups in total. The van der Waals surface area contributed by atoms with Crippen molar-refractivity contribution in [2.75, 3.05) is 4.90 Å². The highest BCUT2D eigenvalue weighted by Gasteiger charge is 2.25. The van der Waals surface area contributed by atoms with E-state index in [0.29, 0.717) is 17.5 Å². The van der Waals surface area contributed by atoms with Gasteiger partial charge in [0.15, 0.2) is 17.5 Å². The van der Waals surface area contributed by atoms with Crippen molar-refractivity contribution in [3.8, 4) is 56.5 Å². The minimum atomic E-state index is 0.569. The Morgan fingerprint density at radius 3 is 1.43 bits per heavy atom. The molecule has 9 aromatic carbocycles. The molecule has 286 valence electrons. The SMILES string of the molecule is c1ccc(-c2ccc(-c3nc(-c4ccccc4)nc(-c4ccccc4-c4nc5ccccc5c5c4c(N(c4ccccc4)c4ccccc4)cc4ccccc45)n3)cc2)cc1. The fraction of sp³-hybridized carbons (Fsp3) is 0. The van der Waals surface area contributed by atoms with E-state index < -0.39 is 0 Å². The molecule has 5 nitrogen and oxygen atoms in total. The Bertz CT molecular complexity index is 3280. The highest BCUT2D eigenvalue weighted by atomic mass is 15.1. The second-order valence-electron chi connectivity index (χ2n) is 15.0. The molecule has 11 aromatic rings. The van der Waals surface area contributed by atoms with Gasteiger partial charge in [-0.25, -0.2) is 19.9 Å². The lowest BCUT2D eigenvalue weighted by atomic mass is 9.91. The summed E-state index contributed by atoms with van der Waals surface area (Å²) in [6.07, 6.45) is 0. The Morgan fingerprint density at radius 1 is 0.311 bits per heavy atom. The predicted molar refractivity (Wildman–Crippen MR) is 252 cm³/mol. The summed E-state index contributed by atoms with van der Waals surface area (Å²) in [4.78, 5) is 23.5. The van der Waals surface area contributed by atoms with Gasteiger partial charge >= 0.3 is 0 Å². The molecule has 2 aromatic heterocycles. The lowest BCUT2D eigenvalue weighted by Gasteiger charge is -2.29. The lowest BCUT2D eigenvalue weighted by Crippen LogP contribution is -2.11. The van der Waals surface area contributed by atoms with Gasteiger partial charge < -0.3 is 4.90 Å². The molecule has 5 heteroatoms. The van der Waals surface area contributed by atoms with Crippen molar-refractivity contribution in [2.45, 2.75) is 0 Å². The number of anilines is 3. The van der Waals surface area contributed by atoms with Crippen molar-refractivity contribution in [1.82, 2.24) is 19.9 Å². The Kier molecular flexibility index (Phi) is 9.10. The average molecular weight is 780 g/mol. The molecule has 0 amide bonds. The topological polar surface area (TPSA) is 54.8 Å². The van der Waals surface area contributed by atoms with Crippen LogP contribution < -0.4 is 4.90 Å². The molecule has 0 aliphatic carbocycles. The third-order valence-corrected chi connectivity index (χ3v) is 11.3. The summed E-state index contributed by atoms with van der Waals surface area (Å²) >= 11 is 0. The molecule has 0 fully saturated rings. The van der Waals surface area contributed by atoms with Crippen molar-refractivity contribution < 1.29 is 0 Å². The van der Waals surface area contributed by atoms with Gasteiger partial charge in [0, 0.05) is 49.8 Å². The zero-order valence-corrected chi connectivity index (χ0v) is 33.1. The van der Waals surface area contributed by atoms with Crippen LogP contribution in [0.4, 0.5) is 17.1 Å². The first-order chi connectivity index (χ1) is 30.3. The number of rotatable bonds is 8. The third-order valence-electron chi connectivity index (χ3n) is 11.3. The first-order valence-electron chi connectivity index (χ1n) is 20.5.